The number of amides is 2. The van der Waals surface area contributed by atoms with E-state index in [2.05, 4.69) is 9.97 Å². The average molecular weight is 552 g/mol. The van der Waals surface area contributed by atoms with Crippen molar-refractivity contribution >= 4 is 51.1 Å². The zero-order valence-electron chi connectivity index (χ0n) is 21.7. The summed E-state index contributed by atoms with van der Waals surface area (Å²) < 4.78 is 21.8. The molecule has 0 radical (unpaired) electrons. The molecule has 2 amide bonds. The molecule has 1 aromatic heterocycles. The van der Waals surface area contributed by atoms with Gasteiger partial charge in [-0.15, -0.1) is 0 Å². The fraction of sp³-hybridized carbons (Fsp3) is 0.286. The molecule has 0 unspecified atom stereocenters. The molecule has 3 aromatic carbocycles. The molecule has 1 aliphatic heterocycles. The summed E-state index contributed by atoms with van der Waals surface area (Å²) in [7, 11) is 0. The monoisotopic (exact) mass is 551 g/mol. The SMILES string of the molecule is CC(C)(C)OC(=O)N1CCN(c2nc(C(N)=O)nc3c(F)c(-c4cc(O)cc5ccccc45)c(Cl)cc23)CC1. The van der Waals surface area contributed by atoms with Crippen molar-refractivity contribution in [2.45, 2.75) is 26.4 Å². The van der Waals surface area contributed by atoms with E-state index in [1.807, 2.05) is 11.0 Å². The summed E-state index contributed by atoms with van der Waals surface area (Å²) in [5.41, 5.74) is 5.17. The first kappa shape index (κ1) is 26.4. The highest BCUT2D eigenvalue weighted by atomic mass is 35.5. The smallest absolute Gasteiger partial charge is 0.410 e. The number of benzene rings is 3. The average Bonchev–Trinajstić information content (AvgIpc) is 2.87. The molecule has 2 heterocycles. The normalized spacial score (nSPS) is 14.2. The standard InChI is InChI=1S/C28H27ClFN5O4/c1-28(2,3)39-27(38)35-10-8-34(9-11-35)26-19-14-20(29)21(22(30)23(19)32-25(33-26)24(31)37)18-13-16(36)12-15-6-4-5-7-17(15)18/h4-7,12-14,36H,8-11H2,1-3H3,(H2,31,37). The molecule has 0 aliphatic carbocycles. The summed E-state index contributed by atoms with van der Waals surface area (Å²) in [6.07, 6.45) is -0.426. The van der Waals surface area contributed by atoms with Gasteiger partial charge in [0.1, 0.15) is 22.7 Å². The molecule has 11 heteroatoms. The fourth-order valence-corrected chi connectivity index (χ4v) is 5.00. The molecule has 4 aromatic rings. The Labute approximate surface area is 228 Å². The summed E-state index contributed by atoms with van der Waals surface area (Å²) >= 11 is 6.68. The first-order chi connectivity index (χ1) is 18.4. The highest BCUT2D eigenvalue weighted by Gasteiger charge is 2.29. The van der Waals surface area contributed by atoms with Crippen LogP contribution in [0.25, 0.3) is 32.8 Å². The van der Waals surface area contributed by atoms with Gasteiger partial charge in [-0.3, -0.25) is 4.79 Å². The molecule has 202 valence electrons. The van der Waals surface area contributed by atoms with Crippen molar-refractivity contribution in [2.75, 3.05) is 31.1 Å². The second kappa shape index (κ2) is 9.85. The van der Waals surface area contributed by atoms with E-state index in [-0.39, 0.29) is 33.5 Å². The van der Waals surface area contributed by atoms with Crippen molar-refractivity contribution in [1.29, 1.82) is 0 Å². The van der Waals surface area contributed by atoms with Crippen molar-refractivity contribution < 1.29 is 23.8 Å². The maximum absolute atomic E-state index is 16.3. The second-order valence-electron chi connectivity index (χ2n) is 10.3. The number of phenolic OH excluding ortho intramolecular Hbond substituents is 1. The molecule has 1 fully saturated rings. The van der Waals surface area contributed by atoms with Gasteiger partial charge in [-0.2, -0.15) is 0 Å². The van der Waals surface area contributed by atoms with Gasteiger partial charge in [0.15, 0.2) is 5.82 Å². The third kappa shape index (κ3) is 5.12. The van der Waals surface area contributed by atoms with E-state index < -0.39 is 23.4 Å². The molecular formula is C28H27ClFN5O4. The van der Waals surface area contributed by atoms with E-state index in [1.54, 1.807) is 56.0 Å². The number of phenols is 1. The maximum atomic E-state index is 16.3. The number of halogens is 2. The van der Waals surface area contributed by atoms with Gasteiger partial charge in [0.2, 0.25) is 5.82 Å². The number of ether oxygens (including phenoxy) is 1. The Morgan fingerprint density at radius 1 is 1.05 bits per heavy atom. The van der Waals surface area contributed by atoms with E-state index in [0.29, 0.717) is 47.9 Å². The number of anilines is 1. The van der Waals surface area contributed by atoms with E-state index in [4.69, 9.17) is 22.1 Å². The van der Waals surface area contributed by atoms with Crippen LogP contribution in [-0.4, -0.2) is 63.8 Å². The summed E-state index contributed by atoms with van der Waals surface area (Å²) in [5, 5.41) is 12.1. The van der Waals surface area contributed by atoms with Crippen molar-refractivity contribution in [3.05, 3.63) is 59.1 Å². The predicted molar refractivity (Wildman–Crippen MR) is 148 cm³/mol. The van der Waals surface area contributed by atoms with Crippen LogP contribution in [0.1, 0.15) is 31.4 Å². The quantitative estimate of drug-likeness (QED) is 0.363. The van der Waals surface area contributed by atoms with Gasteiger partial charge in [0.25, 0.3) is 5.91 Å². The molecule has 3 N–H and O–H groups in total. The van der Waals surface area contributed by atoms with Crippen molar-refractivity contribution in [3.63, 3.8) is 0 Å². The minimum Gasteiger partial charge on any atom is -0.508 e. The van der Waals surface area contributed by atoms with Gasteiger partial charge in [0, 0.05) is 37.1 Å². The third-order valence-electron chi connectivity index (χ3n) is 6.43. The Bertz CT molecular complexity index is 1630. The molecule has 9 nitrogen and oxygen atoms in total. The van der Waals surface area contributed by atoms with Crippen LogP contribution >= 0.6 is 11.6 Å². The number of aromatic nitrogens is 2. The molecular weight excluding hydrogens is 525 g/mol. The molecule has 1 saturated heterocycles. The number of aromatic hydroxyl groups is 1. The number of hydrogen-bond acceptors (Lipinski definition) is 7. The van der Waals surface area contributed by atoms with E-state index in [0.717, 1.165) is 0 Å². The number of hydrogen-bond donors (Lipinski definition) is 2. The maximum Gasteiger partial charge on any atom is 0.410 e. The predicted octanol–water partition coefficient (Wildman–Crippen LogP) is 5.10. The molecule has 0 bridgehead atoms. The van der Waals surface area contributed by atoms with E-state index in [1.165, 1.54) is 6.07 Å². The van der Waals surface area contributed by atoms with Crippen LogP contribution in [0, 0.1) is 5.82 Å². The fourth-order valence-electron chi connectivity index (χ4n) is 4.71. The number of nitrogens with zero attached hydrogens (tertiary/aromatic N) is 4. The molecule has 0 atom stereocenters. The van der Waals surface area contributed by atoms with Crippen molar-refractivity contribution in [3.8, 4) is 16.9 Å². The van der Waals surface area contributed by atoms with E-state index in [9.17, 15) is 14.7 Å². The minimum atomic E-state index is -0.913. The Balaban J connectivity index is 1.61. The minimum absolute atomic E-state index is 0.0334. The van der Waals surface area contributed by atoms with Gasteiger partial charge < -0.3 is 25.4 Å². The first-order valence-corrected chi connectivity index (χ1v) is 12.8. The van der Waals surface area contributed by atoms with Gasteiger partial charge >= 0.3 is 6.09 Å². The van der Waals surface area contributed by atoms with Gasteiger partial charge in [0.05, 0.1) is 5.02 Å². The highest BCUT2D eigenvalue weighted by Crippen LogP contribution is 2.42. The zero-order valence-corrected chi connectivity index (χ0v) is 22.4. The van der Waals surface area contributed by atoms with Crippen LogP contribution in [0.3, 0.4) is 0 Å². The van der Waals surface area contributed by atoms with Gasteiger partial charge in [-0.25, -0.2) is 19.2 Å². The van der Waals surface area contributed by atoms with Crippen LogP contribution in [0.2, 0.25) is 5.02 Å². The number of carbonyl (C=O) groups excluding carboxylic acids is 2. The Kier molecular flexibility index (Phi) is 6.67. The zero-order chi connectivity index (χ0) is 28.1. The Hall–Kier alpha value is -4.18. The summed E-state index contributed by atoms with van der Waals surface area (Å²) in [4.78, 5) is 36.5. The second-order valence-corrected chi connectivity index (χ2v) is 10.8. The lowest BCUT2D eigenvalue weighted by Gasteiger charge is -2.36. The molecule has 0 saturated carbocycles. The number of rotatable bonds is 3. The summed E-state index contributed by atoms with van der Waals surface area (Å²) in [6.45, 7) is 6.75. The van der Waals surface area contributed by atoms with Crippen LogP contribution in [0.4, 0.5) is 15.0 Å². The number of carbonyl (C=O) groups is 2. The Morgan fingerprint density at radius 2 is 1.74 bits per heavy atom. The summed E-state index contributed by atoms with van der Waals surface area (Å²) in [5.74, 6) is -1.80. The molecule has 5 rings (SSSR count). The number of primary amides is 1. The van der Waals surface area contributed by atoms with Gasteiger partial charge in [-0.1, -0.05) is 35.9 Å². The van der Waals surface area contributed by atoms with Gasteiger partial charge in [-0.05, 0) is 55.3 Å². The highest BCUT2D eigenvalue weighted by molar-refractivity contribution is 6.35. The number of fused-ring (bicyclic) bond motifs is 2. The van der Waals surface area contributed by atoms with Crippen molar-refractivity contribution in [1.82, 2.24) is 14.9 Å². The first-order valence-electron chi connectivity index (χ1n) is 12.4. The molecule has 39 heavy (non-hydrogen) atoms. The van der Waals surface area contributed by atoms with Crippen LogP contribution < -0.4 is 10.6 Å². The van der Waals surface area contributed by atoms with Crippen LogP contribution in [-0.2, 0) is 4.74 Å². The number of piperazine rings is 1. The number of nitrogens with two attached hydrogens (primary N) is 1. The lowest BCUT2D eigenvalue weighted by molar-refractivity contribution is 0.0240. The van der Waals surface area contributed by atoms with Crippen LogP contribution in [0.5, 0.6) is 5.75 Å². The largest absolute Gasteiger partial charge is 0.508 e. The molecule has 0 spiro atoms. The molecule has 1 aliphatic rings. The lowest BCUT2D eigenvalue weighted by Crippen LogP contribution is -2.50. The lowest BCUT2D eigenvalue weighted by atomic mass is 9.96. The van der Waals surface area contributed by atoms with E-state index >= 15 is 4.39 Å². The van der Waals surface area contributed by atoms with Crippen LogP contribution in [0.15, 0.2) is 42.5 Å². The Morgan fingerprint density at radius 3 is 2.41 bits per heavy atom. The van der Waals surface area contributed by atoms with Crippen molar-refractivity contribution in [2.24, 2.45) is 5.73 Å². The summed E-state index contributed by atoms with van der Waals surface area (Å²) in [6, 6.07) is 11.8. The third-order valence-corrected chi connectivity index (χ3v) is 6.73. The topological polar surface area (TPSA) is 122 Å².